The van der Waals surface area contributed by atoms with Gasteiger partial charge in [0, 0.05) is 20.1 Å². The van der Waals surface area contributed by atoms with E-state index in [0.717, 1.165) is 13.1 Å². The Labute approximate surface area is 425 Å². The first-order valence-electron chi connectivity index (χ1n) is 30.8. The predicted molar refractivity (Wildman–Crippen MR) is 309 cm³/mol. The number of allylic oxidation sites excluding steroid dienone is 3. The molecule has 0 rings (SSSR count). The Hall–Kier alpha value is -1.26. The molecule has 0 aliphatic carbocycles. The number of hydrogen-bond donors (Lipinski definition) is 0. The van der Waals surface area contributed by atoms with E-state index in [9.17, 15) is 0 Å². The van der Waals surface area contributed by atoms with Gasteiger partial charge in [0.15, 0.2) is 0 Å². The highest BCUT2D eigenvalue weighted by atomic mass is 15.1. The summed E-state index contributed by atoms with van der Waals surface area (Å²) in [7, 11) is 6.58. The van der Waals surface area contributed by atoms with Gasteiger partial charge in [-0.15, -0.1) is 0 Å². The summed E-state index contributed by atoms with van der Waals surface area (Å²) in [5, 5.41) is 0. The van der Waals surface area contributed by atoms with Gasteiger partial charge in [-0.3, -0.25) is 0 Å². The summed E-state index contributed by atoms with van der Waals surface area (Å²) in [5.41, 5.74) is 0. The van der Waals surface area contributed by atoms with E-state index in [4.69, 9.17) is 0 Å². The van der Waals surface area contributed by atoms with Crippen LogP contribution in [0.3, 0.4) is 0 Å². The highest BCUT2D eigenvalue weighted by molar-refractivity contribution is 4.92. The van der Waals surface area contributed by atoms with Crippen LogP contribution in [0.2, 0.25) is 0 Å². The maximum Gasteiger partial charge on any atom is 0.0231 e. The van der Waals surface area contributed by atoms with Crippen LogP contribution in [0.1, 0.15) is 311 Å². The Morgan fingerprint density at radius 1 is 0.239 bits per heavy atom. The molecule has 4 heteroatoms. The number of hydrogen-bond acceptors (Lipinski definition) is 4. The second-order valence-electron chi connectivity index (χ2n) is 21.3. The van der Waals surface area contributed by atoms with E-state index >= 15 is 0 Å². The smallest absolute Gasteiger partial charge is 0.0231 e. The fraction of sp³-hybridized carbons (Fsp3) is 0.905. The van der Waals surface area contributed by atoms with Gasteiger partial charge in [-0.05, 0) is 123 Å². The van der Waals surface area contributed by atoms with Gasteiger partial charge in [0.2, 0.25) is 0 Å². The van der Waals surface area contributed by atoms with E-state index in [2.05, 4.69) is 112 Å². The van der Waals surface area contributed by atoms with Crippen LogP contribution < -0.4 is 0 Å². The molecule has 0 amide bonds. The van der Waals surface area contributed by atoms with Gasteiger partial charge in [-0.2, -0.15) is 0 Å². The molecular weight excluding hydrogens is 813 g/mol. The van der Waals surface area contributed by atoms with E-state index in [1.54, 1.807) is 0 Å². The summed E-state index contributed by atoms with van der Waals surface area (Å²) in [5.74, 6) is 0. The van der Waals surface area contributed by atoms with Crippen LogP contribution in [0.5, 0.6) is 0 Å². The van der Waals surface area contributed by atoms with Crippen molar-refractivity contribution in [2.24, 2.45) is 0 Å². The zero-order valence-corrected chi connectivity index (χ0v) is 47.9. The SMILES string of the molecule is CCCCCCCCCC/C=C/N(C)CCCN(CCC)CCC.CCCCCCCCCCCCCCCC/C=C/N(/C=C/CCCCCCCCCCCCCCCC)CCCN(C)C. The topological polar surface area (TPSA) is 13.0 Å². The second-order valence-corrected chi connectivity index (χ2v) is 21.3. The van der Waals surface area contributed by atoms with Gasteiger partial charge < -0.3 is 19.6 Å². The third kappa shape index (κ3) is 60.8. The van der Waals surface area contributed by atoms with E-state index in [-0.39, 0.29) is 0 Å². The van der Waals surface area contributed by atoms with Crippen LogP contribution in [0, 0.1) is 0 Å². The number of rotatable bonds is 54. The maximum atomic E-state index is 2.61. The summed E-state index contributed by atoms with van der Waals surface area (Å²) in [4.78, 5) is 9.71. The van der Waals surface area contributed by atoms with Gasteiger partial charge in [0.05, 0.1) is 0 Å². The highest BCUT2D eigenvalue weighted by Crippen LogP contribution is 2.16. The molecule has 0 saturated heterocycles. The highest BCUT2D eigenvalue weighted by Gasteiger charge is 2.03. The predicted octanol–water partition coefficient (Wildman–Crippen LogP) is 20.5. The molecule has 0 aromatic heterocycles. The molecule has 0 N–H and O–H groups in total. The Morgan fingerprint density at radius 3 is 0.821 bits per heavy atom. The standard InChI is InChI=1S/C41H82N2.C22H46N2/c1-5-7-9-11-13-15-17-19-21-23-25-27-29-31-33-35-39-43(41-37-38-42(3)4)40-36-34-32-30-28-26-24-22-20-18-16-14-12-10-8-6-2;1-5-8-9-10-11-12-13-14-15-16-20-23(4)21-17-22-24(18-6-2)19-7-3/h35-36,39-40H,5-34,37-38,41H2,1-4H3;16,20H,5-15,17-19,21-22H2,1-4H3/b39-35+,40-36+;20-16+. The first-order valence-corrected chi connectivity index (χ1v) is 30.8. The lowest BCUT2D eigenvalue weighted by molar-refractivity contribution is 0.260. The van der Waals surface area contributed by atoms with Crippen molar-refractivity contribution in [3.8, 4) is 0 Å². The number of nitrogens with zero attached hydrogens (tertiary/aromatic N) is 4. The normalized spacial score (nSPS) is 11.9. The van der Waals surface area contributed by atoms with Gasteiger partial charge in [-0.25, -0.2) is 0 Å². The molecule has 67 heavy (non-hydrogen) atoms. The third-order valence-electron chi connectivity index (χ3n) is 13.7. The summed E-state index contributed by atoms with van der Waals surface area (Å²) >= 11 is 0. The van der Waals surface area contributed by atoms with Crippen LogP contribution in [-0.2, 0) is 0 Å². The van der Waals surface area contributed by atoms with E-state index in [0.29, 0.717) is 0 Å². The molecule has 0 aromatic carbocycles. The van der Waals surface area contributed by atoms with Gasteiger partial charge in [0.25, 0.3) is 0 Å². The van der Waals surface area contributed by atoms with Crippen LogP contribution in [0.4, 0.5) is 0 Å². The molecular formula is C63H128N4. The van der Waals surface area contributed by atoms with Gasteiger partial charge >= 0.3 is 0 Å². The fourth-order valence-corrected chi connectivity index (χ4v) is 9.34. The summed E-state index contributed by atoms with van der Waals surface area (Å²) < 4.78 is 0. The van der Waals surface area contributed by atoms with Crippen molar-refractivity contribution in [1.82, 2.24) is 19.6 Å². The van der Waals surface area contributed by atoms with Crippen molar-refractivity contribution >= 4 is 0 Å². The molecule has 0 radical (unpaired) electrons. The maximum absolute atomic E-state index is 2.61. The minimum atomic E-state index is 1.13. The Kier molecular flexibility index (Phi) is 61.6. The van der Waals surface area contributed by atoms with Crippen molar-refractivity contribution in [3.05, 3.63) is 36.8 Å². The molecule has 0 heterocycles. The van der Waals surface area contributed by atoms with Gasteiger partial charge in [-0.1, -0.05) is 265 Å². The minimum absolute atomic E-state index is 1.13. The molecule has 0 bridgehead atoms. The lowest BCUT2D eigenvalue weighted by Gasteiger charge is -2.22. The first-order chi connectivity index (χ1) is 32.9. The second kappa shape index (κ2) is 60.9. The van der Waals surface area contributed by atoms with E-state index in [1.807, 2.05) is 0 Å². The van der Waals surface area contributed by atoms with Crippen molar-refractivity contribution in [2.45, 2.75) is 311 Å². The average molecular weight is 942 g/mol. The molecule has 0 aliphatic rings. The van der Waals surface area contributed by atoms with Crippen LogP contribution in [0.15, 0.2) is 36.8 Å². The molecule has 0 aromatic rings. The first kappa shape index (κ1) is 67.8. The molecule has 400 valence electrons. The monoisotopic (exact) mass is 941 g/mol. The summed E-state index contributed by atoms with van der Waals surface area (Å²) in [6.45, 7) is 18.7. The number of unbranched alkanes of at least 4 members (excludes halogenated alkanes) is 36. The summed E-state index contributed by atoms with van der Waals surface area (Å²) in [6.07, 6.45) is 74.5. The molecule has 0 spiro atoms. The van der Waals surface area contributed by atoms with Crippen LogP contribution in [0.25, 0.3) is 0 Å². The van der Waals surface area contributed by atoms with Crippen molar-refractivity contribution in [3.63, 3.8) is 0 Å². The molecule has 0 saturated carbocycles. The zero-order valence-electron chi connectivity index (χ0n) is 47.9. The minimum Gasteiger partial charge on any atom is -0.381 e. The molecule has 0 atom stereocenters. The van der Waals surface area contributed by atoms with Crippen molar-refractivity contribution in [2.75, 3.05) is 60.4 Å². The van der Waals surface area contributed by atoms with E-state index < -0.39 is 0 Å². The summed E-state index contributed by atoms with van der Waals surface area (Å²) in [6, 6.07) is 0. The van der Waals surface area contributed by atoms with Gasteiger partial charge in [0.1, 0.15) is 0 Å². The third-order valence-corrected chi connectivity index (χ3v) is 13.7. The van der Waals surface area contributed by atoms with Crippen molar-refractivity contribution < 1.29 is 0 Å². The van der Waals surface area contributed by atoms with Crippen LogP contribution in [-0.4, -0.2) is 80.0 Å². The molecule has 4 nitrogen and oxygen atoms in total. The zero-order chi connectivity index (χ0) is 49.2. The van der Waals surface area contributed by atoms with E-state index in [1.165, 1.54) is 302 Å². The quantitative estimate of drug-likeness (QED) is 0.0563. The largest absolute Gasteiger partial charge is 0.381 e. The molecule has 0 fully saturated rings. The van der Waals surface area contributed by atoms with Crippen LogP contribution >= 0.6 is 0 Å². The fourth-order valence-electron chi connectivity index (χ4n) is 9.34. The molecule has 0 aliphatic heterocycles. The Morgan fingerprint density at radius 2 is 0.522 bits per heavy atom. The Bertz CT molecular complexity index is 910. The Balaban J connectivity index is 0. The lowest BCUT2D eigenvalue weighted by Crippen LogP contribution is -2.28. The van der Waals surface area contributed by atoms with Crippen molar-refractivity contribution in [1.29, 1.82) is 0 Å². The molecule has 0 unspecified atom stereocenters. The average Bonchev–Trinajstić information content (AvgIpc) is 3.31. The lowest BCUT2D eigenvalue weighted by atomic mass is 10.0.